The van der Waals surface area contributed by atoms with Crippen molar-refractivity contribution in [1.82, 2.24) is 19.7 Å². The maximum absolute atomic E-state index is 12.4. The number of benzene rings is 1. The van der Waals surface area contributed by atoms with Crippen LogP contribution in [0.4, 0.5) is 5.69 Å². The molecule has 0 spiro atoms. The number of aromatic nitrogens is 4. The predicted octanol–water partition coefficient (Wildman–Crippen LogP) is 4.89. The molecule has 148 valence electrons. The molecule has 4 aromatic rings. The largest absolute Gasteiger partial charge is 0.324 e. The normalized spacial score (nSPS) is 11.3. The van der Waals surface area contributed by atoms with Gasteiger partial charge in [-0.2, -0.15) is 5.10 Å². The van der Waals surface area contributed by atoms with Crippen LogP contribution in [0.3, 0.4) is 0 Å². The first kappa shape index (κ1) is 19.5. The summed E-state index contributed by atoms with van der Waals surface area (Å²) in [6.07, 6.45) is 4.34. The summed E-state index contributed by atoms with van der Waals surface area (Å²) in [5.74, 6) is -0.123. The molecule has 0 aliphatic heterocycles. The summed E-state index contributed by atoms with van der Waals surface area (Å²) in [4.78, 5) is 21.4. The molecule has 0 fully saturated rings. The number of anilines is 1. The highest BCUT2D eigenvalue weighted by atomic mass is 35.5. The first-order chi connectivity index (χ1) is 14.0. The van der Waals surface area contributed by atoms with Gasteiger partial charge in [-0.05, 0) is 37.6 Å². The fourth-order valence-electron chi connectivity index (χ4n) is 3.09. The molecule has 1 aromatic carbocycles. The summed E-state index contributed by atoms with van der Waals surface area (Å²) >= 11 is 7.58. The molecule has 29 heavy (non-hydrogen) atoms. The lowest BCUT2D eigenvalue weighted by molar-refractivity contribution is -0.115. The Labute approximate surface area is 177 Å². The van der Waals surface area contributed by atoms with Crippen LogP contribution in [0.1, 0.15) is 36.2 Å². The van der Waals surface area contributed by atoms with E-state index in [4.69, 9.17) is 11.6 Å². The number of carbonyl (C=O) groups is 1. The second-order valence-electron chi connectivity index (χ2n) is 7.08. The van der Waals surface area contributed by atoms with Crippen LogP contribution in [-0.2, 0) is 17.6 Å². The average molecular weight is 426 g/mol. The summed E-state index contributed by atoms with van der Waals surface area (Å²) in [6.45, 7) is 4.11. The molecule has 0 saturated heterocycles. The van der Waals surface area contributed by atoms with E-state index < -0.39 is 0 Å². The van der Waals surface area contributed by atoms with Crippen LogP contribution in [0.25, 0.3) is 11.0 Å². The smallest absolute Gasteiger partial charge is 0.230 e. The van der Waals surface area contributed by atoms with Gasteiger partial charge in [0.2, 0.25) is 5.91 Å². The summed E-state index contributed by atoms with van der Waals surface area (Å²) in [6, 6.07) is 9.84. The zero-order valence-electron chi connectivity index (χ0n) is 16.1. The second-order valence-corrected chi connectivity index (χ2v) is 8.46. The molecule has 8 heteroatoms. The molecule has 0 radical (unpaired) electrons. The maximum atomic E-state index is 12.4. The van der Waals surface area contributed by atoms with E-state index >= 15 is 0 Å². The van der Waals surface area contributed by atoms with Crippen molar-refractivity contribution in [3.8, 4) is 0 Å². The lowest BCUT2D eigenvalue weighted by atomic mass is 10.2. The molecule has 0 atom stereocenters. The highest BCUT2D eigenvalue weighted by Crippen LogP contribution is 2.20. The van der Waals surface area contributed by atoms with E-state index in [2.05, 4.69) is 34.2 Å². The minimum atomic E-state index is -0.123. The number of carbonyl (C=O) groups excluding carboxylic acids is 1. The third kappa shape index (κ3) is 4.63. The fraction of sp³-hybridized carbons (Fsp3) is 0.238. The van der Waals surface area contributed by atoms with E-state index in [-0.39, 0.29) is 18.4 Å². The molecule has 0 bridgehead atoms. The quantitative estimate of drug-likeness (QED) is 0.477. The van der Waals surface area contributed by atoms with Crippen molar-refractivity contribution in [2.75, 3.05) is 5.32 Å². The molecule has 1 N–H and O–H groups in total. The molecular formula is C21H20ClN5OS. The topological polar surface area (TPSA) is 72.7 Å². The van der Waals surface area contributed by atoms with Crippen molar-refractivity contribution in [3.63, 3.8) is 0 Å². The van der Waals surface area contributed by atoms with Crippen LogP contribution in [0.2, 0.25) is 5.02 Å². The van der Waals surface area contributed by atoms with Gasteiger partial charge in [-0.3, -0.25) is 4.79 Å². The molecule has 1 amide bonds. The van der Waals surface area contributed by atoms with E-state index in [0.29, 0.717) is 17.1 Å². The molecule has 6 nitrogen and oxygen atoms in total. The Kier molecular flexibility index (Phi) is 5.60. The van der Waals surface area contributed by atoms with Gasteiger partial charge in [0.25, 0.3) is 0 Å². The van der Waals surface area contributed by atoms with Gasteiger partial charge < -0.3 is 5.32 Å². The van der Waals surface area contributed by atoms with Crippen molar-refractivity contribution < 1.29 is 4.79 Å². The zero-order valence-corrected chi connectivity index (χ0v) is 17.7. The van der Waals surface area contributed by atoms with Crippen LogP contribution < -0.4 is 5.32 Å². The van der Waals surface area contributed by atoms with Gasteiger partial charge in [0, 0.05) is 28.3 Å². The number of thiazole rings is 1. The van der Waals surface area contributed by atoms with Gasteiger partial charge >= 0.3 is 0 Å². The lowest BCUT2D eigenvalue weighted by Gasteiger charge is -2.07. The Morgan fingerprint density at radius 1 is 1.28 bits per heavy atom. The van der Waals surface area contributed by atoms with Crippen LogP contribution >= 0.6 is 22.9 Å². The monoisotopic (exact) mass is 425 g/mol. The Morgan fingerprint density at radius 3 is 2.93 bits per heavy atom. The van der Waals surface area contributed by atoms with E-state index in [1.54, 1.807) is 23.7 Å². The average Bonchev–Trinajstić information content (AvgIpc) is 3.28. The number of amides is 1. The zero-order chi connectivity index (χ0) is 20.4. The molecule has 3 aromatic heterocycles. The van der Waals surface area contributed by atoms with Crippen LogP contribution in [-0.4, -0.2) is 25.7 Å². The molecule has 4 rings (SSSR count). The van der Waals surface area contributed by atoms with E-state index in [1.807, 2.05) is 40.4 Å². The van der Waals surface area contributed by atoms with Crippen molar-refractivity contribution in [2.45, 2.75) is 32.7 Å². The minimum absolute atomic E-state index is 0.123. The first-order valence-corrected chi connectivity index (χ1v) is 10.5. The number of pyridine rings is 1. The summed E-state index contributed by atoms with van der Waals surface area (Å²) < 4.78 is 1.86. The number of hydrogen-bond acceptors (Lipinski definition) is 5. The Hall–Kier alpha value is -2.77. The molecular weight excluding hydrogens is 406 g/mol. The lowest BCUT2D eigenvalue weighted by Crippen LogP contribution is -2.15. The van der Waals surface area contributed by atoms with Gasteiger partial charge in [0.15, 0.2) is 5.65 Å². The van der Waals surface area contributed by atoms with Crippen molar-refractivity contribution in [1.29, 1.82) is 0 Å². The standard InChI is InChI=1S/C21H20ClN5OS/c1-13(2)27-21-15(10-24-27)8-17(11-23-21)25-19(28)9-18-12-29-20(26-18)7-14-4-3-5-16(22)6-14/h3-6,8,10-13H,7,9H2,1-2H3,(H,25,28). The number of rotatable bonds is 6. The summed E-state index contributed by atoms with van der Waals surface area (Å²) in [5.41, 5.74) is 3.32. The van der Waals surface area contributed by atoms with E-state index in [1.165, 1.54) is 0 Å². The SMILES string of the molecule is CC(C)n1ncc2cc(NC(=O)Cc3csc(Cc4cccc(Cl)c4)n3)cnc21. The minimum Gasteiger partial charge on any atom is -0.324 e. The summed E-state index contributed by atoms with van der Waals surface area (Å²) in [7, 11) is 0. The van der Waals surface area contributed by atoms with Crippen molar-refractivity contribution in [2.24, 2.45) is 0 Å². The first-order valence-electron chi connectivity index (χ1n) is 9.29. The third-order valence-electron chi connectivity index (χ3n) is 4.39. The number of fused-ring (bicyclic) bond motifs is 1. The van der Waals surface area contributed by atoms with Crippen LogP contribution in [0.5, 0.6) is 0 Å². The number of nitrogens with one attached hydrogen (secondary N) is 1. The maximum Gasteiger partial charge on any atom is 0.230 e. The molecule has 3 heterocycles. The number of hydrogen-bond donors (Lipinski definition) is 1. The van der Waals surface area contributed by atoms with Gasteiger partial charge in [0.05, 0.1) is 35.2 Å². The van der Waals surface area contributed by atoms with Gasteiger partial charge in [0.1, 0.15) is 0 Å². The molecule has 0 aliphatic carbocycles. The number of halogens is 1. The van der Waals surface area contributed by atoms with Gasteiger partial charge in [-0.15, -0.1) is 11.3 Å². The van der Waals surface area contributed by atoms with Gasteiger partial charge in [-0.1, -0.05) is 23.7 Å². The van der Waals surface area contributed by atoms with Crippen LogP contribution in [0, 0.1) is 0 Å². The third-order valence-corrected chi connectivity index (χ3v) is 5.52. The van der Waals surface area contributed by atoms with Crippen LogP contribution in [0.15, 0.2) is 48.1 Å². The van der Waals surface area contributed by atoms with Crippen molar-refractivity contribution >= 4 is 45.6 Å². The summed E-state index contributed by atoms with van der Waals surface area (Å²) in [5, 5.41) is 11.7. The highest BCUT2D eigenvalue weighted by molar-refractivity contribution is 7.09. The number of nitrogens with zero attached hydrogens (tertiary/aromatic N) is 4. The Morgan fingerprint density at radius 2 is 2.14 bits per heavy atom. The second kappa shape index (κ2) is 8.31. The van der Waals surface area contributed by atoms with Gasteiger partial charge in [-0.25, -0.2) is 14.6 Å². The predicted molar refractivity (Wildman–Crippen MR) is 117 cm³/mol. The fourth-order valence-corrected chi connectivity index (χ4v) is 4.13. The Bertz CT molecular complexity index is 1170. The van der Waals surface area contributed by atoms with E-state index in [0.717, 1.165) is 27.3 Å². The Balaban J connectivity index is 1.40. The molecule has 0 aliphatic rings. The van der Waals surface area contributed by atoms with Crippen molar-refractivity contribution in [3.05, 3.63) is 69.4 Å². The molecule has 0 saturated carbocycles. The van der Waals surface area contributed by atoms with E-state index in [9.17, 15) is 4.79 Å². The molecule has 0 unspecified atom stereocenters. The highest BCUT2D eigenvalue weighted by Gasteiger charge is 2.11.